The van der Waals surface area contributed by atoms with Crippen LogP contribution in [0.4, 0.5) is 0 Å². The lowest BCUT2D eigenvalue weighted by atomic mass is 9.95. The zero-order valence-electron chi connectivity index (χ0n) is 13.9. The van der Waals surface area contributed by atoms with Crippen LogP contribution in [0.3, 0.4) is 0 Å². The number of likely N-dealkylation sites (tertiary alicyclic amines) is 1. The van der Waals surface area contributed by atoms with E-state index in [-0.39, 0.29) is 12.5 Å². The number of hydrogen-bond donors (Lipinski definition) is 1. The quantitative estimate of drug-likeness (QED) is 0.885. The Morgan fingerprint density at radius 1 is 1.29 bits per heavy atom. The molecule has 0 unspecified atom stereocenters. The number of para-hydroxylation sites is 1. The van der Waals surface area contributed by atoms with Crippen LogP contribution in [0.1, 0.15) is 18.0 Å². The van der Waals surface area contributed by atoms with E-state index in [1.165, 1.54) is 5.56 Å². The van der Waals surface area contributed by atoms with Crippen LogP contribution in [0.2, 0.25) is 0 Å². The number of benzene rings is 1. The lowest BCUT2D eigenvalue weighted by molar-refractivity contribution is -0.123. The molecule has 0 aliphatic carbocycles. The SMILES string of the molecule is CN1CC[C@@H](CNC(=O)COc2ccccc2)[C@@H]1c1cccnc1. The van der Waals surface area contributed by atoms with Gasteiger partial charge in [0.2, 0.25) is 0 Å². The van der Waals surface area contributed by atoms with Gasteiger partial charge in [-0.15, -0.1) is 0 Å². The summed E-state index contributed by atoms with van der Waals surface area (Å²) in [7, 11) is 2.12. The van der Waals surface area contributed by atoms with Gasteiger partial charge in [-0.1, -0.05) is 24.3 Å². The second-order valence-corrected chi connectivity index (χ2v) is 6.17. The normalized spacial score (nSPS) is 20.7. The third kappa shape index (κ3) is 4.11. The minimum absolute atomic E-state index is 0.0458. The molecule has 1 aliphatic rings. The highest BCUT2D eigenvalue weighted by Gasteiger charge is 2.33. The molecule has 1 amide bonds. The first-order valence-electron chi connectivity index (χ1n) is 8.29. The Kier molecular flexibility index (Phi) is 5.43. The van der Waals surface area contributed by atoms with Crippen LogP contribution in [-0.2, 0) is 4.79 Å². The molecule has 1 aromatic carbocycles. The zero-order chi connectivity index (χ0) is 16.8. The largest absolute Gasteiger partial charge is 0.484 e. The van der Waals surface area contributed by atoms with Crippen molar-refractivity contribution in [2.45, 2.75) is 12.5 Å². The van der Waals surface area contributed by atoms with Crippen molar-refractivity contribution in [1.82, 2.24) is 15.2 Å². The van der Waals surface area contributed by atoms with E-state index in [0.29, 0.717) is 24.3 Å². The molecule has 0 bridgehead atoms. The summed E-state index contributed by atoms with van der Waals surface area (Å²) in [6.45, 7) is 1.73. The number of rotatable bonds is 6. The fraction of sp³-hybridized carbons (Fsp3) is 0.368. The summed E-state index contributed by atoms with van der Waals surface area (Å²) in [4.78, 5) is 18.6. The summed E-state index contributed by atoms with van der Waals surface area (Å²) in [6, 6.07) is 13.8. The molecule has 0 spiro atoms. The molecule has 3 rings (SSSR count). The van der Waals surface area contributed by atoms with Gasteiger partial charge in [-0.2, -0.15) is 0 Å². The average molecular weight is 325 g/mol. The number of hydrogen-bond acceptors (Lipinski definition) is 4. The highest BCUT2D eigenvalue weighted by Crippen LogP contribution is 2.35. The molecule has 1 fully saturated rings. The van der Waals surface area contributed by atoms with Crippen molar-refractivity contribution < 1.29 is 9.53 Å². The summed E-state index contributed by atoms with van der Waals surface area (Å²) in [5, 5.41) is 3.00. The zero-order valence-corrected chi connectivity index (χ0v) is 13.9. The Morgan fingerprint density at radius 3 is 2.88 bits per heavy atom. The van der Waals surface area contributed by atoms with E-state index in [1.807, 2.05) is 42.6 Å². The molecule has 5 heteroatoms. The van der Waals surface area contributed by atoms with Crippen LogP contribution in [0, 0.1) is 5.92 Å². The maximum Gasteiger partial charge on any atom is 0.257 e. The Morgan fingerprint density at radius 2 is 2.12 bits per heavy atom. The first-order valence-corrected chi connectivity index (χ1v) is 8.29. The predicted octanol–water partition coefficient (Wildman–Crippen LogP) is 2.27. The molecule has 0 saturated carbocycles. The second-order valence-electron chi connectivity index (χ2n) is 6.17. The van der Waals surface area contributed by atoms with Crippen molar-refractivity contribution >= 4 is 5.91 Å². The average Bonchev–Trinajstić information content (AvgIpc) is 3.00. The van der Waals surface area contributed by atoms with Crippen LogP contribution in [0.25, 0.3) is 0 Å². The van der Waals surface area contributed by atoms with Crippen molar-refractivity contribution in [3.8, 4) is 5.75 Å². The summed E-state index contributed by atoms with van der Waals surface area (Å²) in [5.74, 6) is 1.01. The number of nitrogens with zero attached hydrogens (tertiary/aromatic N) is 2. The minimum Gasteiger partial charge on any atom is -0.484 e. The van der Waals surface area contributed by atoms with Crippen LogP contribution in [-0.4, -0.2) is 42.5 Å². The van der Waals surface area contributed by atoms with Crippen LogP contribution in [0.15, 0.2) is 54.9 Å². The monoisotopic (exact) mass is 325 g/mol. The third-order valence-corrected chi connectivity index (χ3v) is 4.47. The molecule has 126 valence electrons. The Hall–Kier alpha value is -2.40. The van der Waals surface area contributed by atoms with Gasteiger partial charge in [0.15, 0.2) is 6.61 Å². The van der Waals surface area contributed by atoms with Gasteiger partial charge in [0.1, 0.15) is 5.75 Å². The number of ether oxygens (including phenoxy) is 1. The highest BCUT2D eigenvalue weighted by molar-refractivity contribution is 5.77. The molecule has 1 aromatic heterocycles. The van der Waals surface area contributed by atoms with Gasteiger partial charge in [0.05, 0.1) is 0 Å². The van der Waals surface area contributed by atoms with Crippen molar-refractivity contribution in [1.29, 1.82) is 0 Å². The van der Waals surface area contributed by atoms with Gasteiger partial charge in [0.25, 0.3) is 5.91 Å². The van der Waals surface area contributed by atoms with E-state index in [9.17, 15) is 4.79 Å². The molecule has 2 heterocycles. The third-order valence-electron chi connectivity index (χ3n) is 4.47. The van der Waals surface area contributed by atoms with Gasteiger partial charge in [0, 0.05) is 25.0 Å². The van der Waals surface area contributed by atoms with Crippen LogP contribution in [0.5, 0.6) is 5.75 Å². The van der Waals surface area contributed by atoms with E-state index in [0.717, 1.165) is 13.0 Å². The molecule has 24 heavy (non-hydrogen) atoms. The van der Waals surface area contributed by atoms with Gasteiger partial charge in [-0.3, -0.25) is 14.7 Å². The maximum atomic E-state index is 12.0. The van der Waals surface area contributed by atoms with Crippen LogP contribution < -0.4 is 10.1 Å². The number of amides is 1. The summed E-state index contributed by atoms with van der Waals surface area (Å²) >= 11 is 0. The fourth-order valence-electron chi connectivity index (χ4n) is 3.28. The minimum atomic E-state index is -0.0849. The number of nitrogens with one attached hydrogen (secondary N) is 1. The molecular weight excluding hydrogens is 302 g/mol. The van der Waals surface area contributed by atoms with Crippen molar-refractivity contribution in [2.24, 2.45) is 5.92 Å². The molecule has 5 nitrogen and oxygen atoms in total. The molecule has 2 atom stereocenters. The standard InChI is InChI=1S/C19H23N3O2/c1-22-11-9-16(19(22)15-6-5-10-20-12-15)13-21-18(23)14-24-17-7-3-2-4-8-17/h2-8,10,12,16,19H,9,11,13-14H2,1H3,(H,21,23)/t16-,19-/m0/s1. The van der Waals surface area contributed by atoms with E-state index >= 15 is 0 Å². The van der Waals surface area contributed by atoms with Gasteiger partial charge in [-0.25, -0.2) is 0 Å². The van der Waals surface area contributed by atoms with E-state index in [2.05, 4.69) is 28.3 Å². The first kappa shape index (κ1) is 16.5. The molecule has 2 aromatic rings. The predicted molar refractivity (Wildman–Crippen MR) is 92.7 cm³/mol. The number of aromatic nitrogens is 1. The highest BCUT2D eigenvalue weighted by atomic mass is 16.5. The Bertz CT molecular complexity index is 648. The molecular formula is C19H23N3O2. The topological polar surface area (TPSA) is 54.5 Å². The van der Waals surface area contributed by atoms with Gasteiger partial charge >= 0.3 is 0 Å². The second kappa shape index (κ2) is 7.93. The van der Waals surface area contributed by atoms with Crippen LogP contribution >= 0.6 is 0 Å². The van der Waals surface area contributed by atoms with E-state index in [4.69, 9.17) is 4.74 Å². The number of pyridine rings is 1. The summed E-state index contributed by atoms with van der Waals surface area (Å²) in [6.07, 6.45) is 4.77. The smallest absolute Gasteiger partial charge is 0.257 e. The first-order chi connectivity index (χ1) is 11.7. The van der Waals surface area contributed by atoms with E-state index < -0.39 is 0 Å². The molecule has 0 radical (unpaired) electrons. The van der Waals surface area contributed by atoms with Gasteiger partial charge in [-0.05, 0) is 49.7 Å². The van der Waals surface area contributed by atoms with Crippen molar-refractivity contribution in [3.05, 3.63) is 60.4 Å². The van der Waals surface area contributed by atoms with Gasteiger partial charge < -0.3 is 10.1 Å². The molecule has 1 aliphatic heterocycles. The fourth-order valence-corrected chi connectivity index (χ4v) is 3.28. The summed E-state index contributed by atoms with van der Waals surface area (Å²) < 4.78 is 5.48. The number of carbonyl (C=O) groups excluding carboxylic acids is 1. The maximum absolute atomic E-state index is 12.0. The Balaban J connectivity index is 1.51. The molecule has 1 N–H and O–H groups in total. The summed E-state index contributed by atoms with van der Waals surface area (Å²) in [5.41, 5.74) is 1.21. The van der Waals surface area contributed by atoms with E-state index in [1.54, 1.807) is 6.20 Å². The van der Waals surface area contributed by atoms with Crippen molar-refractivity contribution in [3.63, 3.8) is 0 Å². The van der Waals surface area contributed by atoms with Crippen molar-refractivity contribution in [2.75, 3.05) is 26.7 Å². The number of carbonyl (C=O) groups is 1. The lowest BCUT2D eigenvalue weighted by Crippen LogP contribution is -2.35. The Labute approximate surface area is 142 Å². The lowest BCUT2D eigenvalue weighted by Gasteiger charge is -2.25. The molecule has 1 saturated heterocycles.